The van der Waals surface area contributed by atoms with Crippen molar-refractivity contribution in [2.24, 2.45) is 0 Å². The number of hydrogen-bond donors (Lipinski definition) is 9. The molecule has 7 unspecified atom stereocenters. The Morgan fingerprint density at radius 3 is 2.24 bits per heavy atom. The summed E-state index contributed by atoms with van der Waals surface area (Å²) in [6.07, 6.45) is -11.2. The third-order valence-corrected chi connectivity index (χ3v) is 6.06. The Labute approximate surface area is 192 Å². The summed E-state index contributed by atoms with van der Waals surface area (Å²) in [6.45, 7) is -0.754. The zero-order chi connectivity index (χ0) is 24.9. The van der Waals surface area contributed by atoms with Gasteiger partial charge >= 0.3 is 0 Å². The summed E-state index contributed by atoms with van der Waals surface area (Å²) in [7, 11) is 0. The number of ether oxygens (including phenoxy) is 2. The van der Waals surface area contributed by atoms with Gasteiger partial charge in [-0.1, -0.05) is 6.07 Å². The van der Waals surface area contributed by atoms with Gasteiger partial charge in [-0.2, -0.15) is 0 Å². The van der Waals surface area contributed by atoms with Crippen molar-refractivity contribution in [3.8, 4) is 28.7 Å². The molecule has 0 spiro atoms. The molecule has 4 rings (SSSR count). The molecule has 0 bridgehead atoms. The molecule has 0 radical (unpaired) electrons. The Hall–Kier alpha value is -3.13. The van der Waals surface area contributed by atoms with Crippen molar-refractivity contribution < 1.29 is 60.2 Å². The molecule has 2 aromatic carbocycles. The van der Waals surface area contributed by atoms with E-state index in [0.29, 0.717) is 0 Å². The van der Waals surface area contributed by atoms with Crippen molar-refractivity contribution in [2.45, 2.75) is 49.1 Å². The SMILES string of the molecule is O=C1c2c(cc(O)c(C3OC(CO)C(O)C(O)CC3O)c2O)OC(c2ccc(O)c(O)c2)C1O. The Morgan fingerprint density at radius 2 is 1.59 bits per heavy atom. The average Bonchev–Trinajstić information content (AvgIpc) is 2.89. The van der Waals surface area contributed by atoms with E-state index in [-0.39, 0.29) is 11.3 Å². The summed E-state index contributed by atoms with van der Waals surface area (Å²) in [6, 6.07) is 4.47. The Balaban J connectivity index is 1.76. The molecule has 2 heterocycles. The molecule has 7 atom stereocenters. The van der Waals surface area contributed by atoms with Crippen LogP contribution in [0.15, 0.2) is 24.3 Å². The van der Waals surface area contributed by atoms with Crippen LogP contribution in [-0.4, -0.2) is 88.9 Å². The zero-order valence-corrected chi connectivity index (χ0v) is 17.5. The highest BCUT2D eigenvalue weighted by Crippen LogP contribution is 2.49. The number of hydrogen-bond acceptors (Lipinski definition) is 12. The molecule has 2 aliphatic rings. The minimum Gasteiger partial charge on any atom is -0.507 e. The molecule has 0 aromatic heterocycles. The molecule has 9 N–H and O–H groups in total. The maximum absolute atomic E-state index is 13.0. The van der Waals surface area contributed by atoms with E-state index in [2.05, 4.69) is 0 Å². The second-order valence-electron chi connectivity index (χ2n) is 8.27. The number of carbonyl (C=O) groups excluding carboxylic acids is 1. The van der Waals surface area contributed by atoms with Crippen molar-refractivity contribution >= 4 is 5.78 Å². The number of aliphatic hydroxyl groups excluding tert-OH is 5. The number of phenols is 4. The van der Waals surface area contributed by atoms with Gasteiger partial charge in [0.2, 0.25) is 5.78 Å². The summed E-state index contributed by atoms with van der Waals surface area (Å²) in [5, 5.41) is 91.4. The number of aliphatic hydroxyl groups is 5. The minimum atomic E-state index is -1.85. The van der Waals surface area contributed by atoms with Crippen LogP contribution in [0, 0.1) is 0 Å². The van der Waals surface area contributed by atoms with E-state index < -0.39 is 95.7 Å². The first-order valence-corrected chi connectivity index (χ1v) is 10.3. The molecule has 0 amide bonds. The normalized spacial score (nSPS) is 31.4. The van der Waals surface area contributed by atoms with Crippen molar-refractivity contribution in [3.05, 3.63) is 41.0 Å². The molecule has 0 aliphatic carbocycles. The fourth-order valence-corrected chi connectivity index (χ4v) is 4.24. The van der Waals surface area contributed by atoms with E-state index >= 15 is 0 Å². The fourth-order valence-electron chi connectivity index (χ4n) is 4.24. The Kier molecular flexibility index (Phi) is 6.29. The molecule has 0 saturated carbocycles. The molecule has 2 aliphatic heterocycles. The fraction of sp³-hybridized carbons (Fsp3) is 0.409. The van der Waals surface area contributed by atoms with Gasteiger partial charge in [0.15, 0.2) is 23.7 Å². The van der Waals surface area contributed by atoms with Crippen LogP contribution in [-0.2, 0) is 4.74 Å². The van der Waals surface area contributed by atoms with Crippen LogP contribution >= 0.6 is 0 Å². The number of fused-ring (bicyclic) bond motifs is 1. The second kappa shape index (κ2) is 8.91. The lowest BCUT2D eigenvalue weighted by molar-refractivity contribution is -0.124. The summed E-state index contributed by atoms with van der Waals surface area (Å²) in [4.78, 5) is 13.0. The monoisotopic (exact) mass is 480 g/mol. The van der Waals surface area contributed by atoms with E-state index in [4.69, 9.17) is 9.47 Å². The van der Waals surface area contributed by atoms with Crippen molar-refractivity contribution in [1.29, 1.82) is 0 Å². The lowest BCUT2D eigenvalue weighted by Crippen LogP contribution is -2.39. The van der Waals surface area contributed by atoms with Crippen LogP contribution in [0.5, 0.6) is 28.7 Å². The van der Waals surface area contributed by atoms with Crippen molar-refractivity contribution in [2.75, 3.05) is 6.61 Å². The van der Waals surface area contributed by atoms with Gasteiger partial charge in [-0.25, -0.2) is 0 Å². The summed E-state index contributed by atoms with van der Waals surface area (Å²) >= 11 is 0. The van der Waals surface area contributed by atoms with Gasteiger partial charge < -0.3 is 55.4 Å². The molecule has 2 aromatic rings. The van der Waals surface area contributed by atoms with E-state index in [1.54, 1.807) is 0 Å². The van der Waals surface area contributed by atoms with E-state index in [1.165, 1.54) is 6.07 Å². The highest BCUT2D eigenvalue weighted by Gasteiger charge is 2.44. The lowest BCUT2D eigenvalue weighted by atomic mass is 9.89. The van der Waals surface area contributed by atoms with Gasteiger partial charge in [-0.15, -0.1) is 0 Å². The number of ketones is 1. The molecule has 34 heavy (non-hydrogen) atoms. The van der Waals surface area contributed by atoms with Crippen LogP contribution in [0.25, 0.3) is 0 Å². The maximum atomic E-state index is 13.0. The Morgan fingerprint density at radius 1 is 0.882 bits per heavy atom. The highest BCUT2D eigenvalue weighted by atomic mass is 16.5. The number of phenolic OH excluding ortho intramolecular Hbond substituents is 4. The first-order chi connectivity index (χ1) is 16.0. The van der Waals surface area contributed by atoms with Crippen LogP contribution in [0.4, 0.5) is 0 Å². The topological polar surface area (TPSA) is 218 Å². The highest BCUT2D eigenvalue weighted by molar-refractivity contribution is 6.06. The molecule has 12 nitrogen and oxygen atoms in total. The third kappa shape index (κ3) is 3.90. The standard InChI is InChI=1S/C22H24O12/c23-6-14-17(29)11(27)4-12(28)22(34-14)15-10(26)5-13-16(18(15)30)19(31)20(32)21(33-13)7-1-2-8(24)9(25)3-7/h1-3,5,11-12,14,17,20-30,32H,4,6H2. The minimum absolute atomic E-state index is 0.126. The Bertz CT molecular complexity index is 1100. The largest absolute Gasteiger partial charge is 0.507 e. The summed E-state index contributed by atoms with van der Waals surface area (Å²) in [5.41, 5.74) is -0.849. The average molecular weight is 480 g/mol. The molecule has 1 saturated heterocycles. The lowest BCUT2D eigenvalue weighted by Gasteiger charge is -2.32. The van der Waals surface area contributed by atoms with Crippen LogP contribution in [0.3, 0.4) is 0 Å². The van der Waals surface area contributed by atoms with Gasteiger partial charge in [0.05, 0.1) is 24.4 Å². The molecule has 1 fully saturated rings. The van der Waals surface area contributed by atoms with Gasteiger partial charge in [-0.05, 0) is 17.7 Å². The smallest absolute Gasteiger partial charge is 0.202 e. The van der Waals surface area contributed by atoms with Gasteiger partial charge in [0.25, 0.3) is 0 Å². The van der Waals surface area contributed by atoms with Crippen molar-refractivity contribution in [3.63, 3.8) is 0 Å². The summed E-state index contributed by atoms with van der Waals surface area (Å²) in [5.74, 6) is -3.79. The first-order valence-electron chi connectivity index (χ1n) is 10.3. The predicted octanol–water partition coefficient (Wildman–Crippen LogP) is -0.909. The number of rotatable bonds is 3. The maximum Gasteiger partial charge on any atom is 0.202 e. The molecule has 184 valence electrons. The number of benzene rings is 2. The molecule has 12 heteroatoms. The van der Waals surface area contributed by atoms with Crippen LogP contribution in [0.2, 0.25) is 0 Å². The number of Topliss-reactive ketones (excluding diaryl/α,β-unsaturated/α-hetero) is 1. The van der Waals surface area contributed by atoms with Gasteiger partial charge in [0, 0.05) is 12.5 Å². The number of aromatic hydroxyl groups is 4. The van der Waals surface area contributed by atoms with Crippen molar-refractivity contribution in [1.82, 2.24) is 0 Å². The first kappa shape index (κ1) is 24.0. The van der Waals surface area contributed by atoms with Crippen LogP contribution < -0.4 is 4.74 Å². The third-order valence-electron chi connectivity index (χ3n) is 6.06. The van der Waals surface area contributed by atoms with E-state index in [0.717, 1.165) is 18.2 Å². The molecular formula is C22H24O12. The summed E-state index contributed by atoms with van der Waals surface area (Å²) < 4.78 is 11.1. The van der Waals surface area contributed by atoms with Crippen LogP contribution in [0.1, 0.15) is 40.1 Å². The predicted molar refractivity (Wildman–Crippen MR) is 111 cm³/mol. The van der Waals surface area contributed by atoms with Gasteiger partial charge in [0.1, 0.15) is 41.1 Å². The van der Waals surface area contributed by atoms with Gasteiger partial charge in [-0.3, -0.25) is 4.79 Å². The van der Waals surface area contributed by atoms with E-state index in [9.17, 15) is 50.8 Å². The number of carbonyl (C=O) groups is 1. The quantitative estimate of drug-likeness (QED) is 0.244. The molecular weight excluding hydrogens is 456 g/mol. The van der Waals surface area contributed by atoms with E-state index in [1.807, 2.05) is 0 Å². The zero-order valence-electron chi connectivity index (χ0n) is 17.5. The second-order valence-corrected chi connectivity index (χ2v) is 8.27.